The second-order valence-electron chi connectivity index (χ2n) is 6.85. The Balaban J connectivity index is 2.04. The molecule has 0 saturated heterocycles. The van der Waals surface area contributed by atoms with Gasteiger partial charge in [0.1, 0.15) is 6.04 Å². The summed E-state index contributed by atoms with van der Waals surface area (Å²) in [6.07, 6.45) is 2.29. The molecule has 0 aliphatic rings. The van der Waals surface area contributed by atoms with Crippen LogP contribution in [0.5, 0.6) is 0 Å². The predicted octanol–water partition coefficient (Wildman–Crippen LogP) is 5.16. The summed E-state index contributed by atoms with van der Waals surface area (Å²) in [5, 5.41) is 3.53. The molecule has 2 aromatic carbocycles. The summed E-state index contributed by atoms with van der Waals surface area (Å²) in [6, 6.07) is 16.9. The smallest absolute Gasteiger partial charge is 0.242 e. The molecule has 0 fully saturated rings. The van der Waals surface area contributed by atoms with Gasteiger partial charge in [-0.2, -0.15) is 0 Å². The van der Waals surface area contributed by atoms with Crippen LogP contribution in [0, 0.1) is 0 Å². The molecule has 0 heterocycles. The Bertz CT molecular complexity index is 785. The summed E-state index contributed by atoms with van der Waals surface area (Å²) in [7, 11) is 0. The van der Waals surface area contributed by atoms with E-state index in [9.17, 15) is 9.59 Å². The van der Waals surface area contributed by atoms with Crippen LogP contribution >= 0.6 is 23.4 Å². The van der Waals surface area contributed by atoms with Crippen molar-refractivity contribution in [1.82, 2.24) is 10.2 Å². The lowest BCUT2D eigenvalue weighted by atomic mass is 10.1. The fourth-order valence-corrected chi connectivity index (χ4v) is 3.90. The maximum absolute atomic E-state index is 13.0. The van der Waals surface area contributed by atoms with Gasteiger partial charge < -0.3 is 10.2 Å². The van der Waals surface area contributed by atoms with Crippen molar-refractivity contribution in [3.8, 4) is 0 Å². The van der Waals surface area contributed by atoms with Gasteiger partial charge in [0.2, 0.25) is 11.8 Å². The van der Waals surface area contributed by atoms with E-state index < -0.39 is 6.04 Å². The normalized spacial score (nSPS) is 11.7. The summed E-state index contributed by atoms with van der Waals surface area (Å²) in [6.45, 7) is 4.79. The fourth-order valence-electron chi connectivity index (χ4n) is 2.85. The monoisotopic (exact) mass is 432 g/mol. The second-order valence-corrected chi connectivity index (χ2v) is 8.42. The van der Waals surface area contributed by atoms with Gasteiger partial charge >= 0.3 is 0 Å². The molecule has 29 heavy (non-hydrogen) atoms. The van der Waals surface area contributed by atoms with Gasteiger partial charge in [-0.05, 0) is 37.1 Å². The van der Waals surface area contributed by atoms with Crippen molar-refractivity contribution in [2.75, 3.05) is 12.3 Å². The molecule has 0 radical (unpaired) electrons. The van der Waals surface area contributed by atoms with Crippen molar-refractivity contribution in [3.05, 3.63) is 65.2 Å². The quantitative estimate of drug-likeness (QED) is 0.394. The fraction of sp³-hybridized carbons (Fsp3) is 0.391. The molecule has 1 unspecified atom stereocenters. The van der Waals surface area contributed by atoms with Crippen molar-refractivity contribution in [3.63, 3.8) is 0 Å². The Labute approximate surface area is 183 Å². The number of thioether (sulfide) groups is 1. The lowest BCUT2D eigenvalue weighted by Crippen LogP contribution is -2.47. The van der Waals surface area contributed by atoms with E-state index in [0.717, 1.165) is 23.3 Å². The van der Waals surface area contributed by atoms with E-state index in [1.54, 1.807) is 29.7 Å². The van der Waals surface area contributed by atoms with Crippen LogP contribution in [-0.4, -0.2) is 35.1 Å². The van der Waals surface area contributed by atoms with Crippen LogP contribution in [0.15, 0.2) is 59.5 Å². The van der Waals surface area contributed by atoms with Gasteiger partial charge in [0, 0.05) is 35.2 Å². The molecule has 156 valence electrons. The third-order valence-electron chi connectivity index (χ3n) is 4.62. The van der Waals surface area contributed by atoms with Crippen molar-refractivity contribution in [1.29, 1.82) is 0 Å². The Morgan fingerprint density at radius 2 is 1.79 bits per heavy atom. The van der Waals surface area contributed by atoms with Crippen molar-refractivity contribution < 1.29 is 9.59 Å². The maximum Gasteiger partial charge on any atom is 0.242 e. The molecule has 0 aliphatic carbocycles. The highest BCUT2D eigenvalue weighted by Gasteiger charge is 2.26. The average molecular weight is 433 g/mol. The average Bonchev–Trinajstić information content (AvgIpc) is 2.73. The van der Waals surface area contributed by atoms with Crippen LogP contribution in [0.1, 0.15) is 38.7 Å². The molecule has 2 aromatic rings. The van der Waals surface area contributed by atoms with E-state index in [4.69, 9.17) is 11.6 Å². The van der Waals surface area contributed by atoms with Crippen molar-refractivity contribution in [2.24, 2.45) is 0 Å². The molecule has 0 bridgehead atoms. The summed E-state index contributed by atoms with van der Waals surface area (Å²) in [4.78, 5) is 28.4. The molecule has 1 N–H and O–H groups in total. The second kappa shape index (κ2) is 12.6. The van der Waals surface area contributed by atoms with Crippen LogP contribution < -0.4 is 5.32 Å². The van der Waals surface area contributed by atoms with Gasteiger partial charge in [0.25, 0.3) is 0 Å². The minimum atomic E-state index is -0.558. The number of unbranched alkanes of at least 4 members (excludes halogenated alkanes) is 1. The number of rotatable bonds is 11. The van der Waals surface area contributed by atoms with E-state index in [0.29, 0.717) is 30.3 Å². The Morgan fingerprint density at radius 1 is 1.10 bits per heavy atom. The Kier molecular flexibility index (Phi) is 10.1. The molecule has 1 atom stereocenters. The van der Waals surface area contributed by atoms with Crippen LogP contribution in [-0.2, 0) is 16.1 Å². The molecule has 0 aliphatic heterocycles. The number of nitrogens with zero attached hydrogens (tertiary/aromatic N) is 1. The van der Waals surface area contributed by atoms with Gasteiger partial charge in [-0.15, -0.1) is 11.8 Å². The number of nitrogens with one attached hydrogen (secondary N) is 1. The zero-order valence-electron chi connectivity index (χ0n) is 17.1. The SMILES string of the molecule is CCCCNC(=O)C(C)N(Cc1ccccc1Cl)C(=O)CCSc1ccccc1. The first-order valence-electron chi connectivity index (χ1n) is 10.0. The highest BCUT2D eigenvalue weighted by molar-refractivity contribution is 7.99. The molecule has 2 rings (SSSR count). The van der Waals surface area contributed by atoms with Crippen LogP contribution in [0.3, 0.4) is 0 Å². The van der Waals surface area contributed by atoms with Gasteiger partial charge in [0.15, 0.2) is 0 Å². The maximum atomic E-state index is 13.0. The van der Waals surface area contributed by atoms with Crippen molar-refractivity contribution >= 4 is 35.2 Å². The summed E-state index contributed by atoms with van der Waals surface area (Å²) in [5.74, 6) is 0.479. The third-order valence-corrected chi connectivity index (χ3v) is 6.01. The first-order chi connectivity index (χ1) is 14.0. The highest BCUT2D eigenvalue weighted by Crippen LogP contribution is 2.21. The van der Waals surface area contributed by atoms with Crippen LogP contribution in [0.2, 0.25) is 5.02 Å². The number of halogens is 1. The van der Waals surface area contributed by atoms with Gasteiger partial charge in [-0.25, -0.2) is 0 Å². The third kappa shape index (κ3) is 7.75. The Morgan fingerprint density at radius 3 is 2.48 bits per heavy atom. The number of carbonyl (C=O) groups is 2. The van der Waals surface area contributed by atoms with Gasteiger partial charge in [-0.3, -0.25) is 9.59 Å². The largest absolute Gasteiger partial charge is 0.354 e. The molecule has 0 aromatic heterocycles. The van der Waals surface area contributed by atoms with E-state index in [2.05, 4.69) is 12.2 Å². The van der Waals surface area contributed by atoms with E-state index in [1.807, 2.05) is 48.5 Å². The predicted molar refractivity (Wildman–Crippen MR) is 121 cm³/mol. The first-order valence-corrected chi connectivity index (χ1v) is 11.4. The minimum Gasteiger partial charge on any atom is -0.354 e. The molecule has 2 amide bonds. The number of amides is 2. The van der Waals surface area contributed by atoms with Crippen LogP contribution in [0.25, 0.3) is 0 Å². The summed E-state index contributed by atoms with van der Waals surface area (Å²) < 4.78 is 0. The molecule has 6 heteroatoms. The molecular weight excluding hydrogens is 404 g/mol. The van der Waals surface area contributed by atoms with E-state index in [1.165, 1.54) is 0 Å². The van der Waals surface area contributed by atoms with Crippen LogP contribution in [0.4, 0.5) is 0 Å². The molecule has 0 spiro atoms. The number of hydrogen-bond acceptors (Lipinski definition) is 3. The summed E-state index contributed by atoms with van der Waals surface area (Å²) >= 11 is 7.94. The summed E-state index contributed by atoms with van der Waals surface area (Å²) in [5.41, 5.74) is 0.839. The molecular formula is C23H29ClN2O2S. The zero-order chi connectivity index (χ0) is 21.1. The van der Waals surface area contributed by atoms with E-state index >= 15 is 0 Å². The van der Waals surface area contributed by atoms with Gasteiger partial charge in [-0.1, -0.05) is 61.3 Å². The highest BCUT2D eigenvalue weighted by atomic mass is 35.5. The Hall–Kier alpha value is -1.98. The number of hydrogen-bond donors (Lipinski definition) is 1. The van der Waals surface area contributed by atoms with Crippen molar-refractivity contribution in [2.45, 2.75) is 50.6 Å². The number of carbonyl (C=O) groups excluding carboxylic acids is 2. The minimum absolute atomic E-state index is 0.0495. The van der Waals surface area contributed by atoms with E-state index in [-0.39, 0.29) is 11.8 Å². The number of benzene rings is 2. The van der Waals surface area contributed by atoms with Gasteiger partial charge in [0.05, 0.1) is 0 Å². The zero-order valence-corrected chi connectivity index (χ0v) is 18.6. The molecule has 0 saturated carbocycles. The lowest BCUT2D eigenvalue weighted by Gasteiger charge is -2.29. The molecule has 4 nitrogen and oxygen atoms in total. The topological polar surface area (TPSA) is 49.4 Å². The first kappa shape index (κ1) is 23.3. The lowest BCUT2D eigenvalue weighted by molar-refractivity contribution is -0.140. The standard InChI is InChI=1S/C23H29ClN2O2S/c1-3-4-15-25-23(28)18(2)26(17-19-10-8-9-13-21(19)24)22(27)14-16-29-20-11-6-5-7-12-20/h5-13,18H,3-4,14-17H2,1-2H3,(H,25,28).